The molecule has 1 aliphatic heterocycles. The van der Waals surface area contributed by atoms with E-state index in [4.69, 9.17) is 16.3 Å². The van der Waals surface area contributed by atoms with Gasteiger partial charge >= 0.3 is 0 Å². The first kappa shape index (κ1) is 18.0. The van der Waals surface area contributed by atoms with Crippen molar-refractivity contribution in [1.82, 2.24) is 15.1 Å². The first-order valence-electron chi connectivity index (χ1n) is 8.08. The summed E-state index contributed by atoms with van der Waals surface area (Å²) in [7, 11) is 4.20. The van der Waals surface area contributed by atoms with Crippen molar-refractivity contribution < 1.29 is 9.53 Å². The summed E-state index contributed by atoms with van der Waals surface area (Å²) in [6.45, 7) is 3.35. The Morgan fingerprint density at radius 1 is 1.48 bits per heavy atom. The summed E-state index contributed by atoms with van der Waals surface area (Å²) in [5.74, 6) is 0.774. The first-order valence-corrected chi connectivity index (χ1v) is 8.46. The smallest absolute Gasteiger partial charge is 0.234 e. The van der Waals surface area contributed by atoms with Gasteiger partial charge in [0, 0.05) is 17.6 Å². The summed E-state index contributed by atoms with van der Waals surface area (Å²) in [4.78, 5) is 16.5. The van der Waals surface area contributed by atoms with E-state index in [1.54, 1.807) is 12.1 Å². The molecule has 1 atom stereocenters. The summed E-state index contributed by atoms with van der Waals surface area (Å²) in [5.41, 5.74) is 0. The Kier molecular flexibility index (Phi) is 7.15. The van der Waals surface area contributed by atoms with Gasteiger partial charge in [-0.1, -0.05) is 17.7 Å². The standard InChI is InChI=1S/C17H26ClN3O2/c1-20(2)15-6-4-9-21(12-15)13-17(22)19-8-10-23-16-7-3-5-14(18)11-16/h3,5,7,11,15H,4,6,8-10,12-13H2,1-2H3,(H,19,22). The Morgan fingerprint density at radius 2 is 2.30 bits per heavy atom. The van der Waals surface area contributed by atoms with Gasteiger partial charge in [-0.25, -0.2) is 0 Å². The van der Waals surface area contributed by atoms with Crippen molar-refractivity contribution in [1.29, 1.82) is 0 Å². The molecule has 0 radical (unpaired) electrons. The van der Waals surface area contributed by atoms with Gasteiger partial charge in [0.2, 0.25) is 5.91 Å². The molecule has 1 fully saturated rings. The fourth-order valence-electron chi connectivity index (χ4n) is 2.77. The van der Waals surface area contributed by atoms with Crippen LogP contribution in [0.5, 0.6) is 5.75 Å². The van der Waals surface area contributed by atoms with E-state index in [9.17, 15) is 4.79 Å². The molecule has 2 rings (SSSR count). The number of nitrogens with one attached hydrogen (secondary N) is 1. The number of benzene rings is 1. The van der Waals surface area contributed by atoms with Crippen LogP contribution in [-0.4, -0.2) is 68.6 Å². The highest BCUT2D eigenvalue weighted by atomic mass is 35.5. The van der Waals surface area contributed by atoms with Crippen LogP contribution < -0.4 is 10.1 Å². The van der Waals surface area contributed by atoms with E-state index in [0.717, 1.165) is 25.3 Å². The minimum absolute atomic E-state index is 0.0547. The third-order valence-electron chi connectivity index (χ3n) is 4.07. The van der Waals surface area contributed by atoms with Crippen molar-refractivity contribution in [3.8, 4) is 5.75 Å². The van der Waals surface area contributed by atoms with E-state index < -0.39 is 0 Å². The minimum atomic E-state index is 0.0547. The Labute approximate surface area is 143 Å². The molecule has 1 N–H and O–H groups in total. The predicted octanol–water partition coefficient (Wildman–Crippen LogP) is 1.86. The molecule has 1 amide bonds. The zero-order chi connectivity index (χ0) is 16.7. The van der Waals surface area contributed by atoms with E-state index >= 15 is 0 Å². The van der Waals surface area contributed by atoms with Gasteiger partial charge in [0.05, 0.1) is 13.1 Å². The van der Waals surface area contributed by atoms with Crippen molar-refractivity contribution in [2.24, 2.45) is 0 Å². The van der Waals surface area contributed by atoms with E-state index in [-0.39, 0.29) is 5.91 Å². The van der Waals surface area contributed by atoms with Gasteiger partial charge in [0.25, 0.3) is 0 Å². The number of nitrogens with zero attached hydrogens (tertiary/aromatic N) is 2. The molecule has 1 aliphatic rings. The van der Waals surface area contributed by atoms with Crippen molar-refractivity contribution in [3.63, 3.8) is 0 Å². The van der Waals surface area contributed by atoms with Gasteiger partial charge < -0.3 is 15.0 Å². The lowest BCUT2D eigenvalue weighted by Crippen LogP contribution is -2.48. The van der Waals surface area contributed by atoms with Crippen LogP contribution in [0.1, 0.15) is 12.8 Å². The normalized spacial score (nSPS) is 18.9. The highest BCUT2D eigenvalue weighted by Crippen LogP contribution is 2.16. The van der Waals surface area contributed by atoms with Gasteiger partial charge in [0.1, 0.15) is 12.4 Å². The molecule has 0 aliphatic carbocycles. The first-order chi connectivity index (χ1) is 11.0. The molecule has 1 aromatic rings. The maximum absolute atomic E-state index is 12.0. The topological polar surface area (TPSA) is 44.8 Å². The van der Waals surface area contributed by atoms with E-state index in [1.165, 1.54) is 6.42 Å². The van der Waals surface area contributed by atoms with Crippen LogP contribution in [-0.2, 0) is 4.79 Å². The van der Waals surface area contributed by atoms with Crippen LogP contribution in [0.2, 0.25) is 5.02 Å². The van der Waals surface area contributed by atoms with Crippen molar-refractivity contribution in [2.45, 2.75) is 18.9 Å². The minimum Gasteiger partial charge on any atom is -0.492 e. The summed E-state index contributed by atoms with van der Waals surface area (Å²) in [6.07, 6.45) is 2.35. The third kappa shape index (κ3) is 6.37. The molecule has 1 saturated heterocycles. The van der Waals surface area contributed by atoms with Crippen LogP contribution >= 0.6 is 11.6 Å². The van der Waals surface area contributed by atoms with Crippen molar-refractivity contribution in [3.05, 3.63) is 29.3 Å². The average molecular weight is 340 g/mol. The highest BCUT2D eigenvalue weighted by Gasteiger charge is 2.22. The lowest BCUT2D eigenvalue weighted by Gasteiger charge is -2.35. The second-order valence-electron chi connectivity index (χ2n) is 6.15. The second-order valence-corrected chi connectivity index (χ2v) is 6.59. The quantitative estimate of drug-likeness (QED) is 0.770. The molecular formula is C17H26ClN3O2. The molecule has 1 heterocycles. The molecular weight excluding hydrogens is 314 g/mol. The van der Waals surface area contributed by atoms with Gasteiger partial charge in [-0.3, -0.25) is 9.69 Å². The monoisotopic (exact) mass is 339 g/mol. The van der Waals surface area contributed by atoms with Gasteiger partial charge in [-0.15, -0.1) is 0 Å². The van der Waals surface area contributed by atoms with E-state index in [0.29, 0.717) is 30.8 Å². The van der Waals surface area contributed by atoms with Crippen LogP contribution in [0.15, 0.2) is 24.3 Å². The lowest BCUT2D eigenvalue weighted by atomic mass is 10.1. The fourth-order valence-corrected chi connectivity index (χ4v) is 2.95. The van der Waals surface area contributed by atoms with Gasteiger partial charge in [0.15, 0.2) is 0 Å². The molecule has 5 nitrogen and oxygen atoms in total. The number of halogens is 1. The number of piperidine rings is 1. The number of carbonyl (C=O) groups is 1. The Balaban J connectivity index is 1.63. The van der Waals surface area contributed by atoms with Crippen LogP contribution in [0.25, 0.3) is 0 Å². The number of ether oxygens (including phenoxy) is 1. The molecule has 0 saturated carbocycles. The maximum Gasteiger partial charge on any atom is 0.234 e. The molecule has 128 valence electrons. The van der Waals surface area contributed by atoms with Crippen molar-refractivity contribution in [2.75, 3.05) is 46.9 Å². The second kappa shape index (κ2) is 9.11. The summed E-state index contributed by atoms with van der Waals surface area (Å²) < 4.78 is 5.56. The van der Waals surface area contributed by atoms with Crippen LogP contribution in [0.4, 0.5) is 0 Å². The van der Waals surface area contributed by atoms with Crippen LogP contribution in [0, 0.1) is 0 Å². The number of hydrogen-bond acceptors (Lipinski definition) is 4. The van der Waals surface area contributed by atoms with E-state index in [1.807, 2.05) is 12.1 Å². The highest BCUT2D eigenvalue weighted by molar-refractivity contribution is 6.30. The molecule has 0 spiro atoms. The van der Waals surface area contributed by atoms with Gasteiger partial charge in [-0.2, -0.15) is 0 Å². The maximum atomic E-state index is 12.0. The molecule has 1 aromatic carbocycles. The fraction of sp³-hybridized carbons (Fsp3) is 0.588. The number of rotatable bonds is 7. The largest absolute Gasteiger partial charge is 0.492 e. The number of likely N-dealkylation sites (N-methyl/N-ethyl adjacent to an activating group) is 1. The van der Waals surface area contributed by atoms with Crippen LogP contribution in [0.3, 0.4) is 0 Å². The number of hydrogen-bond donors (Lipinski definition) is 1. The zero-order valence-corrected chi connectivity index (χ0v) is 14.7. The van der Waals surface area contributed by atoms with Gasteiger partial charge in [-0.05, 0) is 51.7 Å². The van der Waals surface area contributed by atoms with E-state index in [2.05, 4.69) is 29.2 Å². The molecule has 23 heavy (non-hydrogen) atoms. The lowest BCUT2D eigenvalue weighted by molar-refractivity contribution is -0.122. The Bertz CT molecular complexity index is 510. The SMILES string of the molecule is CN(C)C1CCCN(CC(=O)NCCOc2cccc(Cl)c2)C1. The molecule has 0 bridgehead atoms. The molecule has 6 heteroatoms. The van der Waals surface area contributed by atoms with Crippen molar-refractivity contribution >= 4 is 17.5 Å². The number of likely N-dealkylation sites (tertiary alicyclic amines) is 1. The number of carbonyl (C=O) groups excluding carboxylic acids is 1. The third-order valence-corrected chi connectivity index (χ3v) is 4.30. The molecule has 0 aromatic heterocycles. The zero-order valence-electron chi connectivity index (χ0n) is 13.9. The predicted molar refractivity (Wildman–Crippen MR) is 93.1 cm³/mol. The number of amides is 1. The Morgan fingerprint density at radius 3 is 3.04 bits per heavy atom. The average Bonchev–Trinajstić information content (AvgIpc) is 2.52. The molecule has 1 unspecified atom stereocenters. The summed E-state index contributed by atoms with van der Waals surface area (Å²) >= 11 is 5.89. The summed E-state index contributed by atoms with van der Waals surface area (Å²) in [5, 5.41) is 3.55. The summed E-state index contributed by atoms with van der Waals surface area (Å²) in [6, 6.07) is 7.80. The Hall–Kier alpha value is -1.30.